The van der Waals surface area contributed by atoms with Crippen molar-refractivity contribution in [2.24, 2.45) is 0 Å². The maximum atomic E-state index is 12.5. The third-order valence-electron chi connectivity index (χ3n) is 3.86. The summed E-state index contributed by atoms with van der Waals surface area (Å²) in [6.45, 7) is 4.00. The Bertz CT molecular complexity index is 683. The molecule has 0 bridgehead atoms. The Kier molecular flexibility index (Phi) is 3.95. The highest BCUT2D eigenvalue weighted by Gasteiger charge is 2.18. The molecule has 21 heavy (non-hydrogen) atoms. The first kappa shape index (κ1) is 14.5. The molecule has 3 N–H and O–H groups in total. The number of benzene rings is 1. The molecule has 0 unspecified atom stereocenters. The second kappa shape index (κ2) is 5.73. The van der Waals surface area contributed by atoms with Crippen LogP contribution in [0.5, 0.6) is 0 Å². The monoisotopic (exact) mass is 318 g/mol. The molecule has 1 aliphatic rings. The first-order valence-electron chi connectivity index (χ1n) is 6.92. The lowest BCUT2D eigenvalue weighted by Crippen LogP contribution is -2.13. The third kappa shape index (κ3) is 2.80. The number of aryl methyl sites for hydroxylation is 2. The Hall–Kier alpha value is -1.46. The number of amides is 1. The van der Waals surface area contributed by atoms with E-state index in [0.717, 1.165) is 39.6 Å². The van der Waals surface area contributed by atoms with Gasteiger partial charge in [0.2, 0.25) is 0 Å². The van der Waals surface area contributed by atoms with Gasteiger partial charge in [0.15, 0.2) is 0 Å². The van der Waals surface area contributed by atoms with E-state index in [2.05, 4.69) is 5.32 Å². The Morgan fingerprint density at radius 1 is 1.33 bits per heavy atom. The summed E-state index contributed by atoms with van der Waals surface area (Å²) in [5.41, 5.74) is 10.8. The second-order valence-electron chi connectivity index (χ2n) is 5.29. The Morgan fingerprint density at radius 3 is 2.90 bits per heavy atom. The van der Waals surface area contributed by atoms with E-state index in [4.69, 9.17) is 5.73 Å². The zero-order valence-corrected chi connectivity index (χ0v) is 13.8. The Balaban J connectivity index is 1.87. The molecular formula is C16H18N2OS2. The van der Waals surface area contributed by atoms with Crippen molar-refractivity contribution in [2.75, 3.05) is 16.8 Å². The van der Waals surface area contributed by atoms with Crippen molar-refractivity contribution in [2.45, 2.75) is 26.0 Å². The number of hydrogen-bond donors (Lipinski definition) is 2. The van der Waals surface area contributed by atoms with Gasteiger partial charge in [-0.05, 0) is 54.8 Å². The molecule has 1 amide bonds. The smallest absolute Gasteiger partial charge is 0.265 e. The molecule has 2 aromatic rings. The summed E-state index contributed by atoms with van der Waals surface area (Å²) in [4.78, 5) is 14.6. The topological polar surface area (TPSA) is 55.1 Å². The van der Waals surface area contributed by atoms with Crippen molar-refractivity contribution in [3.8, 4) is 0 Å². The van der Waals surface area contributed by atoms with Crippen LogP contribution < -0.4 is 11.1 Å². The average Bonchev–Trinajstić information content (AvgIpc) is 2.91. The molecule has 0 atom stereocenters. The second-order valence-corrected chi connectivity index (χ2v) is 7.53. The molecule has 1 aliphatic heterocycles. The number of thiophene rings is 1. The first-order chi connectivity index (χ1) is 10.1. The van der Waals surface area contributed by atoms with Crippen LogP contribution in [0.15, 0.2) is 18.2 Å². The van der Waals surface area contributed by atoms with E-state index in [1.165, 1.54) is 10.4 Å². The van der Waals surface area contributed by atoms with Gasteiger partial charge in [-0.3, -0.25) is 4.79 Å². The number of nitrogen functional groups attached to an aromatic ring is 1. The number of carbonyl (C=O) groups excluding carboxylic acids is 1. The van der Waals surface area contributed by atoms with Crippen LogP contribution in [0.2, 0.25) is 0 Å². The van der Waals surface area contributed by atoms with Crippen molar-refractivity contribution in [3.63, 3.8) is 0 Å². The molecule has 3 nitrogen and oxygen atoms in total. The van der Waals surface area contributed by atoms with Gasteiger partial charge in [0, 0.05) is 10.6 Å². The molecule has 1 aromatic heterocycles. The molecule has 0 spiro atoms. The minimum atomic E-state index is -0.0557. The minimum Gasteiger partial charge on any atom is -0.397 e. The number of rotatable bonds is 2. The van der Waals surface area contributed by atoms with Gasteiger partial charge in [-0.1, -0.05) is 6.07 Å². The number of nitrogens with two attached hydrogens (primary N) is 1. The molecule has 5 heteroatoms. The molecular weight excluding hydrogens is 300 g/mol. The van der Waals surface area contributed by atoms with Gasteiger partial charge in [-0.25, -0.2) is 0 Å². The predicted molar refractivity (Wildman–Crippen MR) is 92.5 cm³/mol. The fraction of sp³-hybridized carbons (Fsp3) is 0.312. The number of thioether (sulfide) groups is 1. The molecule has 1 aromatic carbocycles. The number of hydrogen-bond acceptors (Lipinski definition) is 4. The fourth-order valence-electron chi connectivity index (χ4n) is 2.44. The van der Waals surface area contributed by atoms with Gasteiger partial charge >= 0.3 is 0 Å². The minimum absolute atomic E-state index is 0.0557. The summed E-state index contributed by atoms with van der Waals surface area (Å²) in [5, 5.41) is 2.98. The van der Waals surface area contributed by atoms with E-state index in [0.29, 0.717) is 5.69 Å². The van der Waals surface area contributed by atoms with Crippen LogP contribution in [-0.2, 0) is 12.2 Å². The number of anilines is 2. The summed E-state index contributed by atoms with van der Waals surface area (Å²) < 4.78 is 0. The van der Waals surface area contributed by atoms with Crippen molar-refractivity contribution in [1.82, 2.24) is 0 Å². The molecule has 0 aliphatic carbocycles. The van der Waals surface area contributed by atoms with Gasteiger partial charge in [-0.15, -0.1) is 11.3 Å². The largest absolute Gasteiger partial charge is 0.397 e. The number of carbonyl (C=O) groups is 1. The lowest BCUT2D eigenvalue weighted by Gasteiger charge is -2.12. The Labute approximate surface area is 132 Å². The van der Waals surface area contributed by atoms with Crippen LogP contribution in [0.25, 0.3) is 0 Å². The molecule has 3 rings (SSSR count). The van der Waals surface area contributed by atoms with Crippen LogP contribution in [0.4, 0.5) is 11.4 Å². The molecule has 0 fully saturated rings. The first-order valence-corrected chi connectivity index (χ1v) is 8.89. The van der Waals surface area contributed by atoms with Crippen molar-refractivity contribution < 1.29 is 4.79 Å². The zero-order chi connectivity index (χ0) is 15.0. The van der Waals surface area contributed by atoms with E-state index in [-0.39, 0.29) is 5.91 Å². The number of fused-ring (bicyclic) bond motifs is 1. The average molecular weight is 318 g/mol. The van der Waals surface area contributed by atoms with Gasteiger partial charge < -0.3 is 11.1 Å². The molecule has 0 saturated heterocycles. The standard InChI is InChI=1S/C16H18N2OS2/c1-9-3-4-12(17)15(10(9)2)18-16(19)14-7-11-8-20-6-5-13(11)21-14/h3-4,7H,5-6,8,17H2,1-2H3,(H,18,19). The van der Waals surface area contributed by atoms with E-state index in [9.17, 15) is 4.79 Å². The highest BCUT2D eigenvalue weighted by Crippen LogP contribution is 2.33. The van der Waals surface area contributed by atoms with E-state index in [1.54, 1.807) is 11.3 Å². The normalized spacial score (nSPS) is 13.8. The lowest BCUT2D eigenvalue weighted by molar-refractivity contribution is 0.103. The van der Waals surface area contributed by atoms with Crippen molar-refractivity contribution in [1.29, 1.82) is 0 Å². The summed E-state index contributed by atoms with van der Waals surface area (Å²) in [6.07, 6.45) is 1.07. The van der Waals surface area contributed by atoms with Gasteiger partial charge in [0.25, 0.3) is 5.91 Å². The van der Waals surface area contributed by atoms with Gasteiger partial charge in [-0.2, -0.15) is 11.8 Å². The van der Waals surface area contributed by atoms with Crippen LogP contribution in [-0.4, -0.2) is 11.7 Å². The van der Waals surface area contributed by atoms with E-state index < -0.39 is 0 Å². The van der Waals surface area contributed by atoms with E-state index in [1.807, 2.05) is 43.8 Å². The van der Waals surface area contributed by atoms with Crippen LogP contribution in [0.1, 0.15) is 31.2 Å². The fourth-order valence-corrected chi connectivity index (χ4v) is 4.70. The highest BCUT2D eigenvalue weighted by molar-refractivity contribution is 7.98. The van der Waals surface area contributed by atoms with Gasteiger partial charge in [0.1, 0.15) is 0 Å². The quantitative estimate of drug-likeness (QED) is 0.823. The van der Waals surface area contributed by atoms with Crippen LogP contribution in [0, 0.1) is 13.8 Å². The van der Waals surface area contributed by atoms with Gasteiger partial charge in [0.05, 0.1) is 16.3 Å². The van der Waals surface area contributed by atoms with Crippen molar-refractivity contribution >= 4 is 40.4 Å². The summed E-state index contributed by atoms with van der Waals surface area (Å²) >= 11 is 3.54. The van der Waals surface area contributed by atoms with E-state index >= 15 is 0 Å². The maximum Gasteiger partial charge on any atom is 0.265 e. The number of nitrogens with one attached hydrogen (secondary N) is 1. The van der Waals surface area contributed by atoms with Crippen LogP contribution in [0.3, 0.4) is 0 Å². The maximum absolute atomic E-state index is 12.5. The highest BCUT2D eigenvalue weighted by atomic mass is 32.2. The molecule has 0 saturated carbocycles. The molecule has 0 radical (unpaired) electrons. The third-order valence-corrected chi connectivity index (χ3v) is 6.10. The SMILES string of the molecule is Cc1ccc(N)c(NC(=O)c2cc3c(s2)CCSC3)c1C. The summed E-state index contributed by atoms with van der Waals surface area (Å²) in [5.74, 6) is 2.11. The zero-order valence-electron chi connectivity index (χ0n) is 12.2. The van der Waals surface area contributed by atoms with Crippen molar-refractivity contribution in [3.05, 3.63) is 44.6 Å². The lowest BCUT2D eigenvalue weighted by atomic mass is 10.1. The van der Waals surface area contributed by atoms with Crippen LogP contribution >= 0.6 is 23.1 Å². The molecule has 2 heterocycles. The predicted octanol–water partition coefficient (Wildman–Crippen LogP) is 3.99. The summed E-state index contributed by atoms with van der Waals surface area (Å²) in [7, 11) is 0. The molecule has 110 valence electrons. The summed E-state index contributed by atoms with van der Waals surface area (Å²) in [6, 6.07) is 5.85. The Morgan fingerprint density at radius 2 is 2.14 bits per heavy atom.